The SMILES string of the molecule is CC(C)CC1=C2C=Cc3c(ccc4c(CC(C)C)cc(-c5cccc(-c6cncnc6)c5)nc34)C2NC(c2cccc(-c3cncnc3)c2)=C1. The van der Waals surface area contributed by atoms with Crippen molar-refractivity contribution in [2.24, 2.45) is 11.8 Å². The molecule has 0 radical (unpaired) electrons. The van der Waals surface area contributed by atoms with E-state index in [2.05, 4.69) is 138 Å². The number of dihydropyridines is 1. The molecule has 0 amide bonds. The number of benzene rings is 3. The Bertz CT molecular complexity index is 2300. The van der Waals surface area contributed by atoms with Crippen molar-refractivity contribution in [3.05, 3.63) is 150 Å². The lowest BCUT2D eigenvalue weighted by Crippen LogP contribution is -2.28. The van der Waals surface area contributed by atoms with Crippen LogP contribution < -0.4 is 5.32 Å². The maximum atomic E-state index is 5.44. The Labute approximate surface area is 293 Å². The summed E-state index contributed by atoms with van der Waals surface area (Å²) in [6.45, 7) is 9.16. The summed E-state index contributed by atoms with van der Waals surface area (Å²) in [5.41, 5.74) is 16.0. The molecule has 6 nitrogen and oxygen atoms in total. The first kappa shape index (κ1) is 31.5. The summed E-state index contributed by atoms with van der Waals surface area (Å²) in [4.78, 5) is 22.4. The molecule has 50 heavy (non-hydrogen) atoms. The molecule has 1 aliphatic heterocycles. The molecular formula is C44H40N6. The molecule has 6 aromatic rings. The molecule has 246 valence electrons. The number of aromatic nitrogens is 5. The third-order valence-electron chi connectivity index (χ3n) is 9.56. The molecule has 1 unspecified atom stereocenters. The quantitative estimate of drug-likeness (QED) is 0.176. The Kier molecular flexibility index (Phi) is 8.37. The van der Waals surface area contributed by atoms with Crippen molar-refractivity contribution in [1.82, 2.24) is 30.2 Å². The minimum Gasteiger partial charge on any atom is -0.374 e. The Morgan fingerprint density at radius 2 is 1.26 bits per heavy atom. The van der Waals surface area contributed by atoms with Crippen LogP contribution in [0.1, 0.15) is 62.4 Å². The van der Waals surface area contributed by atoms with E-state index in [-0.39, 0.29) is 6.04 Å². The lowest BCUT2D eigenvalue weighted by atomic mass is 9.80. The van der Waals surface area contributed by atoms with E-state index in [0.29, 0.717) is 11.8 Å². The molecule has 3 aromatic heterocycles. The second-order valence-electron chi connectivity index (χ2n) is 14.2. The minimum absolute atomic E-state index is 0.0114. The van der Waals surface area contributed by atoms with E-state index < -0.39 is 0 Å². The van der Waals surface area contributed by atoms with Gasteiger partial charge in [0.25, 0.3) is 0 Å². The molecule has 4 heterocycles. The molecule has 1 N–H and O–H groups in total. The fraction of sp³-hybridized carbons (Fsp3) is 0.205. The smallest absolute Gasteiger partial charge is 0.115 e. The van der Waals surface area contributed by atoms with Crippen molar-refractivity contribution in [1.29, 1.82) is 0 Å². The number of nitrogens with one attached hydrogen (secondary N) is 1. The van der Waals surface area contributed by atoms with E-state index >= 15 is 0 Å². The lowest BCUT2D eigenvalue weighted by Gasteiger charge is -2.34. The van der Waals surface area contributed by atoms with Gasteiger partial charge in [-0.25, -0.2) is 24.9 Å². The summed E-state index contributed by atoms with van der Waals surface area (Å²) < 4.78 is 0. The summed E-state index contributed by atoms with van der Waals surface area (Å²) in [7, 11) is 0. The van der Waals surface area contributed by atoms with Gasteiger partial charge in [-0.3, -0.25) is 0 Å². The Balaban J connectivity index is 1.25. The molecule has 8 rings (SSSR count). The first-order valence-corrected chi connectivity index (χ1v) is 17.5. The van der Waals surface area contributed by atoms with Gasteiger partial charge in [0.1, 0.15) is 12.7 Å². The predicted octanol–water partition coefficient (Wildman–Crippen LogP) is 10.1. The molecule has 0 saturated heterocycles. The zero-order valence-electron chi connectivity index (χ0n) is 28.9. The molecule has 0 spiro atoms. The monoisotopic (exact) mass is 652 g/mol. The van der Waals surface area contributed by atoms with Crippen LogP contribution >= 0.6 is 0 Å². The average Bonchev–Trinajstić information content (AvgIpc) is 3.15. The summed E-state index contributed by atoms with van der Waals surface area (Å²) in [6.07, 6.45) is 19.5. The average molecular weight is 653 g/mol. The first-order valence-electron chi connectivity index (χ1n) is 17.5. The highest BCUT2D eigenvalue weighted by molar-refractivity contribution is 5.95. The molecule has 2 aliphatic rings. The van der Waals surface area contributed by atoms with Crippen LogP contribution in [0.4, 0.5) is 0 Å². The van der Waals surface area contributed by atoms with Crippen LogP contribution in [0.2, 0.25) is 0 Å². The standard InChI is InChI=1S/C44H40N6/c1-27(2)15-33-19-41(31-9-5-7-29(17-31)35-21-45-25-46-22-35)49-43-37(33)11-13-40-39(43)14-12-38-34(16-28(3)4)20-42(50-44(38)40)32-10-6-8-30(18-32)36-23-47-26-48-24-36/h5-14,17-28,43,49H,15-16H2,1-4H3. The van der Waals surface area contributed by atoms with Gasteiger partial charge in [-0.05, 0) is 87.9 Å². The first-order chi connectivity index (χ1) is 24.4. The van der Waals surface area contributed by atoms with Gasteiger partial charge in [0, 0.05) is 58.1 Å². The molecule has 3 aromatic carbocycles. The van der Waals surface area contributed by atoms with Crippen molar-refractivity contribution in [2.75, 3.05) is 0 Å². The highest BCUT2D eigenvalue weighted by atomic mass is 14.9. The second-order valence-corrected chi connectivity index (χ2v) is 14.2. The number of pyridine rings is 1. The normalized spacial score (nSPS) is 15.2. The fourth-order valence-electron chi connectivity index (χ4n) is 7.33. The van der Waals surface area contributed by atoms with E-state index in [0.717, 1.165) is 63.1 Å². The van der Waals surface area contributed by atoms with E-state index in [1.54, 1.807) is 12.7 Å². The van der Waals surface area contributed by atoms with E-state index in [1.807, 2.05) is 24.8 Å². The molecule has 1 atom stereocenters. The van der Waals surface area contributed by atoms with Gasteiger partial charge in [0.05, 0.1) is 17.3 Å². The summed E-state index contributed by atoms with van der Waals surface area (Å²) >= 11 is 0. The van der Waals surface area contributed by atoms with Crippen LogP contribution in [-0.4, -0.2) is 24.9 Å². The molecular weight excluding hydrogens is 613 g/mol. The van der Waals surface area contributed by atoms with E-state index in [1.165, 1.54) is 33.2 Å². The van der Waals surface area contributed by atoms with Crippen LogP contribution in [0.3, 0.4) is 0 Å². The highest BCUT2D eigenvalue weighted by Gasteiger charge is 2.30. The minimum atomic E-state index is 0.0114. The van der Waals surface area contributed by atoms with Crippen molar-refractivity contribution in [2.45, 2.75) is 46.6 Å². The molecule has 6 heteroatoms. The van der Waals surface area contributed by atoms with Gasteiger partial charge in [0.2, 0.25) is 0 Å². The number of nitrogens with zero attached hydrogens (tertiary/aromatic N) is 5. The van der Waals surface area contributed by atoms with Gasteiger partial charge in [0.15, 0.2) is 0 Å². The molecule has 1 aliphatic carbocycles. The number of fused-ring (bicyclic) bond motifs is 5. The van der Waals surface area contributed by atoms with Crippen molar-refractivity contribution in [3.8, 4) is 33.5 Å². The maximum Gasteiger partial charge on any atom is 0.115 e. The van der Waals surface area contributed by atoms with E-state index in [9.17, 15) is 0 Å². The zero-order chi connectivity index (χ0) is 34.2. The highest BCUT2D eigenvalue weighted by Crippen LogP contribution is 2.43. The molecule has 0 fully saturated rings. The lowest BCUT2D eigenvalue weighted by molar-refractivity contribution is 0.628. The number of hydrogen-bond acceptors (Lipinski definition) is 6. The number of rotatable bonds is 8. The maximum absolute atomic E-state index is 5.44. The van der Waals surface area contributed by atoms with Crippen LogP contribution in [0.25, 0.3) is 56.2 Å². The summed E-state index contributed by atoms with van der Waals surface area (Å²) in [5.74, 6) is 1.03. The Hall–Kier alpha value is -5.75. The van der Waals surface area contributed by atoms with Crippen LogP contribution in [-0.2, 0) is 6.42 Å². The Morgan fingerprint density at radius 1 is 0.640 bits per heavy atom. The van der Waals surface area contributed by atoms with Crippen molar-refractivity contribution in [3.63, 3.8) is 0 Å². The van der Waals surface area contributed by atoms with Crippen molar-refractivity contribution >= 4 is 22.7 Å². The zero-order valence-corrected chi connectivity index (χ0v) is 28.9. The second kappa shape index (κ2) is 13.3. The predicted molar refractivity (Wildman–Crippen MR) is 204 cm³/mol. The molecule has 0 bridgehead atoms. The third-order valence-corrected chi connectivity index (χ3v) is 9.56. The third kappa shape index (κ3) is 6.14. The number of hydrogen-bond donors (Lipinski definition) is 1. The van der Waals surface area contributed by atoms with Crippen LogP contribution in [0, 0.1) is 11.8 Å². The van der Waals surface area contributed by atoms with Crippen LogP contribution in [0.15, 0.2) is 127 Å². The van der Waals surface area contributed by atoms with E-state index in [4.69, 9.17) is 4.98 Å². The Morgan fingerprint density at radius 3 is 1.92 bits per heavy atom. The topological polar surface area (TPSA) is 76.5 Å². The van der Waals surface area contributed by atoms with Gasteiger partial charge < -0.3 is 5.32 Å². The van der Waals surface area contributed by atoms with Gasteiger partial charge in [-0.2, -0.15) is 0 Å². The van der Waals surface area contributed by atoms with Gasteiger partial charge >= 0.3 is 0 Å². The van der Waals surface area contributed by atoms with Crippen molar-refractivity contribution < 1.29 is 0 Å². The van der Waals surface area contributed by atoms with Gasteiger partial charge in [-0.15, -0.1) is 0 Å². The molecule has 0 saturated carbocycles. The van der Waals surface area contributed by atoms with Gasteiger partial charge in [-0.1, -0.05) is 88.4 Å². The number of allylic oxidation sites excluding steroid dienone is 2. The summed E-state index contributed by atoms with van der Waals surface area (Å²) in [6, 6.07) is 24.1. The van der Waals surface area contributed by atoms with Crippen LogP contribution in [0.5, 0.6) is 0 Å². The largest absolute Gasteiger partial charge is 0.374 e. The summed E-state index contributed by atoms with van der Waals surface area (Å²) in [5, 5.41) is 5.19. The fourth-order valence-corrected chi connectivity index (χ4v) is 7.33.